The molecule has 0 aliphatic carbocycles. The van der Waals surface area contributed by atoms with E-state index in [1.54, 1.807) is 0 Å². The third kappa shape index (κ3) is 1.55. The first-order chi connectivity index (χ1) is 3.79. The normalized spacial score (nSPS) is 8.22. The fraction of sp³-hybridized carbons (Fsp3) is 0.333. The number of rotatable bonds is 0. The van der Waals surface area contributed by atoms with Gasteiger partial charge in [-0.1, -0.05) is 12.6 Å². The van der Waals surface area contributed by atoms with Gasteiger partial charge < -0.3 is 0 Å². The van der Waals surface area contributed by atoms with Crippen LogP contribution in [0.1, 0.15) is 11.4 Å². The Morgan fingerprint density at radius 3 is 2.33 bits per heavy atom. The molecule has 0 amide bonds. The molecule has 0 radical (unpaired) electrons. The first-order valence-corrected chi connectivity index (χ1v) is 2.47. The van der Waals surface area contributed by atoms with E-state index in [0.29, 0.717) is 0 Å². The summed E-state index contributed by atoms with van der Waals surface area (Å²) in [6.07, 6.45) is 0. The summed E-state index contributed by atoms with van der Waals surface area (Å²) in [4.78, 5) is 0. The molecule has 2 nitrogen and oxygen atoms in total. The molecule has 1 aromatic heterocycles. The second-order valence-corrected chi connectivity index (χ2v) is 1.72. The molecule has 0 bridgehead atoms. The van der Waals surface area contributed by atoms with Gasteiger partial charge in [-0.2, -0.15) is 5.10 Å². The number of aryl methyl sites for hydroxylation is 2. The quantitative estimate of drug-likeness (QED) is 0.647. The van der Waals surface area contributed by atoms with Crippen molar-refractivity contribution >= 4 is 0 Å². The van der Waals surface area contributed by atoms with Crippen molar-refractivity contribution in [3.63, 3.8) is 0 Å². The van der Waals surface area contributed by atoms with E-state index < -0.39 is 0 Å². The van der Waals surface area contributed by atoms with Gasteiger partial charge in [0.25, 0.3) is 0 Å². The molecular formula is C6H7CmN2-. The van der Waals surface area contributed by atoms with Crippen LogP contribution in [0, 0.1) is 19.9 Å². The van der Waals surface area contributed by atoms with Crippen LogP contribution in [-0.4, -0.2) is 10.2 Å². The Labute approximate surface area is 48.6 Å². The minimum atomic E-state index is 0. The van der Waals surface area contributed by atoms with Gasteiger partial charge >= 0.3 is 0 Å². The minimum Gasteiger partial charge on any atom is -0.255 e. The molecule has 50 valence electrons. The van der Waals surface area contributed by atoms with E-state index in [2.05, 4.69) is 16.3 Å². The third-order valence-corrected chi connectivity index (χ3v) is 0.848. The summed E-state index contributed by atoms with van der Waals surface area (Å²) in [5.74, 6) is 0. The summed E-state index contributed by atoms with van der Waals surface area (Å²) in [5, 5.41) is 7.57. The van der Waals surface area contributed by atoms with E-state index in [0.717, 1.165) is 11.4 Å². The van der Waals surface area contributed by atoms with Gasteiger partial charge in [0.1, 0.15) is 0 Å². The molecule has 1 heterocycles. The van der Waals surface area contributed by atoms with Gasteiger partial charge in [0.15, 0.2) is 0 Å². The van der Waals surface area contributed by atoms with Gasteiger partial charge in [0.05, 0.1) is 0 Å². The van der Waals surface area contributed by atoms with E-state index in [4.69, 9.17) is 0 Å². The average molecular weight is 354 g/mol. The van der Waals surface area contributed by atoms with Crippen LogP contribution in [-0.2, 0) is 0 Å². The first kappa shape index (κ1) is 7.08. The minimum absolute atomic E-state index is 0. The van der Waals surface area contributed by atoms with Crippen molar-refractivity contribution in [1.29, 1.82) is 0 Å². The predicted molar refractivity (Wildman–Crippen MR) is 30.3 cm³/mol. The largest absolute Gasteiger partial charge is 0.255 e. The van der Waals surface area contributed by atoms with Gasteiger partial charge in [-0.25, -0.2) is 12.1 Å². The fourth-order valence-electron chi connectivity index (χ4n) is 0.420. The van der Waals surface area contributed by atoms with E-state index in [1.165, 1.54) is 0 Å². The summed E-state index contributed by atoms with van der Waals surface area (Å²) in [7, 11) is 0. The topological polar surface area (TPSA) is 25.8 Å². The zero-order chi connectivity index (χ0) is 5.98. The molecule has 0 saturated heterocycles. The monoisotopic (exact) mass is 350 g/mol. The van der Waals surface area contributed by atoms with Gasteiger partial charge in [0.2, 0.25) is 0 Å². The molecule has 0 fully saturated rings. The number of nitrogens with zero attached hydrogens (tertiary/aromatic N) is 2. The number of aromatic nitrogens is 2. The molecule has 0 aromatic carbocycles. The predicted octanol–water partition coefficient (Wildman–Crippen LogP) is 0.894. The van der Waals surface area contributed by atoms with Gasteiger partial charge in [-0.15, -0.1) is 0 Å². The van der Waals surface area contributed by atoms with E-state index in [9.17, 15) is 0 Å². The van der Waals surface area contributed by atoms with Gasteiger partial charge in [-0.05, 0) is 12.6 Å². The van der Waals surface area contributed by atoms with Crippen molar-refractivity contribution in [3.05, 3.63) is 23.5 Å². The van der Waals surface area contributed by atoms with Crippen LogP contribution in [0.5, 0.6) is 0 Å². The molecule has 0 saturated carbocycles. The molecule has 3 heteroatoms. The molecule has 0 aliphatic rings. The molecule has 9 heavy (non-hydrogen) atoms. The smallest absolute Gasteiger partial charge is 0 e. The zero-order valence-corrected chi connectivity index (χ0v) is 8.27. The van der Waals surface area contributed by atoms with E-state index >= 15 is 0 Å². The van der Waals surface area contributed by atoms with Crippen LogP contribution >= 0.6 is 0 Å². The van der Waals surface area contributed by atoms with Gasteiger partial charge in [0, 0.05) is 0 Å². The Morgan fingerprint density at radius 2 is 2.00 bits per heavy atom. The number of hydrogen-bond acceptors (Lipinski definition) is 2. The Bertz CT molecular complexity index is 150. The van der Waals surface area contributed by atoms with Crippen molar-refractivity contribution in [1.82, 2.24) is 10.2 Å². The Hall–Kier alpha value is -1.92. The first-order valence-electron chi connectivity index (χ1n) is 2.47. The van der Waals surface area contributed by atoms with Crippen LogP contribution < -0.4 is 0 Å². The summed E-state index contributed by atoms with van der Waals surface area (Å²) in [6.45, 7) is 3.76. The van der Waals surface area contributed by atoms with Gasteiger partial charge in [-0.3, -0.25) is 5.10 Å². The second kappa shape index (κ2) is 2.40. The summed E-state index contributed by atoms with van der Waals surface area (Å²) in [5.41, 5.74) is 1.76. The average Bonchev–Trinajstić information content (AvgIpc) is 1.77. The molecule has 0 unspecified atom stereocenters. The molecule has 0 aliphatic heterocycles. The van der Waals surface area contributed by atoms with Crippen molar-refractivity contribution in [2.24, 2.45) is 0 Å². The fourth-order valence-corrected chi connectivity index (χ4v) is 0.420. The van der Waals surface area contributed by atoms with Crippen LogP contribution in [0.2, 0.25) is 0 Å². The van der Waals surface area contributed by atoms with Crippen LogP contribution in [0.25, 0.3) is 0 Å². The van der Waals surface area contributed by atoms with Crippen molar-refractivity contribution in [2.75, 3.05) is 0 Å². The standard InChI is InChI=1S/C6H7N2.Cm/c1-5-3-4-6(2)8-7-5;/h3H,1-2H3;/q-1;. The second-order valence-electron chi connectivity index (χ2n) is 1.72. The van der Waals surface area contributed by atoms with Crippen LogP contribution in [0.15, 0.2) is 6.07 Å². The van der Waals surface area contributed by atoms with E-state index in [-0.39, 0.29) is 0 Å². The molecule has 0 N–H and O–H groups in total. The maximum absolute atomic E-state index is 3.80. The van der Waals surface area contributed by atoms with Crippen molar-refractivity contribution in [3.8, 4) is 0 Å². The molecular weight excluding hydrogens is 347 g/mol. The summed E-state index contributed by atoms with van der Waals surface area (Å²) >= 11 is 0. The zero-order valence-electron chi connectivity index (χ0n) is 5.33. The Balaban J connectivity index is 0.000000640. The molecule has 0 atom stereocenters. The van der Waals surface area contributed by atoms with Crippen LogP contribution in [0.4, 0.5) is 0 Å². The van der Waals surface area contributed by atoms with Crippen LogP contribution in [0.3, 0.4) is 0 Å². The number of hydrogen-bond donors (Lipinski definition) is 0. The van der Waals surface area contributed by atoms with E-state index in [1.807, 2.05) is 19.9 Å². The maximum Gasteiger partial charge on any atom is 0 e. The van der Waals surface area contributed by atoms with Crippen molar-refractivity contribution in [2.45, 2.75) is 13.8 Å². The third-order valence-electron chi connectivity index (χ3n) is 0.848. The summed E-state index contributed by atoms with van der Waals surface area (Å²) < 4.78 is 0. The maximum atomic E-state index is 3.80. The molecule has 1 rings (SSSR count). The Kier molecular flexibility index (Phi) is 1.89. The summed E-state index contributed by atoms with van der Waals surface area (Å²) in [6, 6.07) is 4.75. The SMILES string of the molecule is Cc1[c-]cc(C)nn1.[Cm]. The Morgan fingerprint density at radius 1 is 1.33 bits per heavy atom. The van der Waals surface area contributed by atoms with Crippen molar-refractivity contribution < 1.29 is 0 Å². The molecule has 0 spiro atoms. The molecule has 1 aromatic rings.